The van der Waals surface area contributed by atoms with Crippen molar-refractivity contribution in [2.24, 2.45) is 0 Å². The fraction of sp³-hybridized carbons (Fsp3) is 0.524. The van der Waals surface area contributed by atoms with E-state index in [1.807, 2.05) is 29.2 Å². The Hall–Kier alpha value is -2.30. The van der Waals surface area contributed by atoms with Crippen LogP contribution in [0, 0.1) is 0 Å². The van der Waals surface area contributed by atoms with Crippen molar-refractivity contribution in [1.29, 1.82) is 0 Å². The molecule has 1 heterocycles. The Bertz CT molecular complexity index is 724. The van der Waals surface area contributed by atoms with Crippen molar-refractivity contribution in [3.8, 4) is 5.75 Å². The van der Waals surface area contributed by atoms with Crippen LogP contribution in [0.3, 0.4) is 0 Å². The molecule has 1 saturated carbocycles. The molecule has 1 aliphatic heterocycles. The molecule has 3 rings (SSSR count). The molecule has 1 aliphatic carbocycles. The quantitative estimate of drug-likeness (QED) is 0.852. The number of methoxy groups -OCH3 is 1. The summed E-state index contributed by atoms with van der Waals surface area (Å²) in [6, 6.07) is 7.99. The summed E-state index contributed by atoms with van der Waals surface area (Å²) in [6.45, 7) is 4.50. The van der Waals surface area contributed by atoms with E-state index < -0.39 is 0 Å². The molecule has 1 fully saturated rings. The van der Waals surface area contributed by atoms with Gasteiger partial charge in [-0.25, -0.2) is 0 Å². The second-order valence-corrected chi connectivity index (χ2v) is 7.34. The molecule has 0 bridgehead atoms. The number of para-hydroxylation sites is 1. The average Bonchev–Trinajstić information content (AvgIpc) is 2.92. The maximum absolute atomic E-state index is 12.9. The largest absolute Gasteiger partial charge is 0.496 e. The molecule has 26 heavy (non-hydrogen) atoms. The van der Waals surface area contributed by atoms with E-state index in [4.69, 9.17) is 4.74 Å². The third-order valence-electron chi connectivity index (χ3n) is 5.35. The molecule has 1 aromatic rings. The number of carbonyl (C=O) groups is 2. The Kier molecular flexibility index (Phi) is 5.64. The van der Waals surface area contributed by atoms with Crippen molar-refractivity contribution in [3.05, 3.63) is 41.0 Å². The minimum atomic E-state index is -0.110. The summed E-state index contributed by atoms with van der Waals surface area (Å²) in [6.07, 6.45) is 4.39. The molecule has 1 N–H and O–H groups in total. The molecule has 140 valence electrons. The van der Waals surface area contributed by atoms with Gasteiger partial charge in [-0.05, 0) is 44.7 Å². The van der Waals surface area contributed by atoms with E-state index in [0.717, 1.165) is 42.6 Å². The molecule has 2 amide bonds. The number of rotatable bonds is 6. The molecule has 0 spiro atoms. The molecular weight excluding hydrogens is 328 g/mol. The van der Waals surface area contributed by atoms with E-state index in [-0.39, 0.29) is 30.3 Å². The lowest BCUT2D eigenvalue weighted by atomic mass is 9.88. The van der Waals surface area contributed by atoms with Crippen LogP contribution in [0.15, 0.2) is 35.4 Å². The van der Waals surface area contributed by atoms with Gasteiger partial charge in [0.05, 0.1) is 19.6 Å². The number of benzene rings is 1. The number of amides is 2. The molecule has 0 saturated heterocycles. The van der Waals surface area contributed by atoms with Crippen molar-refractivity contribution in [3.63, 3.8) is 0 Å². The molecule has 1 unspecified atom stereocenters. The minimum Gasteiger partial charge on any atom is -0.496 e. The fourth-order valence-corrected chi connectivity index (χ4v) is 4.14. The van der Waals surface area contributed by atoms with Crippen LogP contribution in [0.4, 0.5) is 0 Å². The lowest BCUT2D eigenvalue weighted by Crippen LogP contribution is -2.41. The first-order chi connectivity index (χ1) is 12.5. The molecule has 1 atom stereocenters. The summed E-state index contributed by atoms with van der Waals surface area (Å²) >= 11 is 0. The molecule has 5 nitrogen and oxygen atoms in total. The molecule has 2 aliphatic rings. The number of ether oxygens (including phenoxy) is 1. The van der Waals surface area contributed by atoms with Gasteiger partial charge in [-0.15, -0.1) is 0 Å². The number of hydrogen-bond acceptors (Lipinski definition) is 3. The van der Waals surface area contributed by atoms with Crippen LogP contribution in [0.2, 0.25) is 0 Å². The molecule has 5 heteroatoms. The van der Waals surface area contributed by atoms with E-state index in [1.54, 1.807) is 7.11 Å². The lowest BCUT2D eigenvalue weighted by Gasteiger charge is -2.33. The highest BCUT2D eigenvalue weighted by molar-refractivity contribution is 6.02. The molecule has 0 aromatic heterocycles. The molecule has 0 radical (unpaired) electrons. The van der Waals surface area contributed by atoms with Gasteiger partial charge in [-0.2, -0.15) is 0 Å². The van der Waals surface area contributed by atoms with Gasteiger partial charge in [0.1, 0.15) is 5.75 Å². The van der Waals surface area contributed by atoms with Crippen LogP contribution in [0.1, 0.15) is 51.5 Å². The van der Waals surface area contributed by atoms with Crippen molar-refractivity contribution >= 4 is 11.8 Å². The fourth-order valence-electron chi connectivity index (χ4n) is 4.14. The summed E-state index contributed by atoms with van der Waals surface area (Å²) in [5, 5.41) is 2.94. The SMILES string of the molecule is COc1ccccc1CNC(=O)CC1=C2CCCCC2N(C(C)C)C1=O. The number of nitrogens with zero attached hydrogens (tertiary/aromatic N) is 1. The van der Waals surface area contributed by atoms with Crippen LogP contribution in [0.5, 0.6) is 5.75 Å². The average molecular weight is 356 g/mol. The maximum Gasteiger partial charge on any atom is 0.251 e. The van der Waals surface area contributed by atoms with Gasteiger partial charge in [0.25, 0.3) is 5.91 Å². The summed E-state index contributed by atoms with van der Waals surface area (Å²) in [7, 11) is 1.62. The van der Waals surface area contributed by atoms with E-state index in [0.29, 0.717) is 6.54 Å². The van der Waals surface area contributed by atoms with Crippen LogP contribution >= 0.6 is 0 Å². The Balaban J connectivity index is 1.69. The zero-order chi connectivity index (χ0) is 18.7. The van der Waals surface area contributed by atoms with Gasteiger partial charge < -0.3 is 15.0 Å². The summed E-state index contributed by atoms with van der Waals surface area (Å²) in [5.41, 5.74) is 2.85. The van der Waals surface area contributed by atoms with Crippen molar-refractivity contribution in [2.75, 3.05) is 7.11 Å². The normalized spacial score (nSPS) is 19.8. The van der Waals surface area contributed by atoms with Crippen molar-refractivity contribution in [2.45, 2.75) is 64.6 Å². The highest BCUT2D eigenvalue weighted by Crippen LogP contribution is 2.38. The van der Waals surface area contributed by atoms with Gasteiger partial charge in [-0.3, -0.25) is 9.59 Å². The number of nitrogens with one attached hydrogen (secondary N) is 1. The van der Waals surface area contributed by atoms with Crippen LogP contribution in [-0.4, -0.2) is 35.9 Å². The van der Waals surface area contributed by atoms with Gasteiger partial charge >= 0.3 is 0 Å². The lowest BCUT2D eigenvalue weighted by molar-refractivity contribution is -0.130. The van der Waals surface area contributed by atoms with E-state index in [2.05, 4.69) is 19.2 Å². The number of hydrogen-bond donors (Lipinski definition) is 1. The number of fused-ring (bicyclic) bond motifs is 1. The second kappa shape index (κ2) is 7.94. The molecular formula is C21H28N2O3. The van der Waals surface area contributed by atoms with Crippen LogP contribution in [-0.2, 0) is 16.1 Å². The van der Waals surface area contributed by atoms with Gasteiger partial charge in [0.2, 0.25) is 5.91 Å². The number of carbonyl (C=O) groups excluding carboxylic acids is 2. The first-order valence-electron chi connectivity index (χ1n) is 9.46. The Morgan fingerprint density at radius 2 is 2.08 bits per heavy atom. The maximum atomic E-state index is 12.9. The predicted octanol–water partition coefficient (Wildman–Crippen LogP) is 3.19. The zero-order valence-electron chi connectivity index (χ0n) is 15.9. The first-order valence-corrected chi connectivity index (χ1v) is 9.46. The first kappa shape index (κ1) is 18.5. The monoisotopic (exact) mass is 356 g/mol. The Morgan fingerprint density at radius 3 is 2.81 bits per heavy atom. The summed E-state index contributed by atoms with van der Waals surface area (Å²) < 4.78 is 5.32. The van der Waals surface area contributed by atoms with E-state index >= 15 is 0 Å². The summed E-state index contributed by atoms with van der Waals surface area (Å²) in [5.74, 6) is 0.695. The van der Waals surface area contributed by atoms with E-state index in [1.165, 1.54) is 5.57 Å². The highest BCUT2D eigenvalue weighted by atomic mass is 16.5. The second-order valence-electron chi connectivity index (χ2n) is 7.34. The minimum absolute atomic E-state index is 0.0503. The Morgan fingerprint density at radius 1 is 1.31 bits per heavy atom. The standard InChI is InChI=1S/C21H28N2O3/c1-14(2)23-18-10-6-5-9-16(18)17(21(23)25)12-20(24)22-13-15-8-4-7-11-19(15)26-3/h4,7-8,11,14,18H,5-6,9-10,12-13H2,1-3H3,(H,22,24). The van der Waals surface area contributed by atoms with E-state index in [9.17, 15) is 9.59 Å². The van der Waals surface area contributed by atoms with Crippen molar-refractivity contribution in [1.82, 2.24) is 10.2 Å². The third kappa shape index (κ3) is 3.62. The summed E-state index contributed by atoms with van der Waals surface area (Å²) in [4.78, 5) is 27.4. The topological polar surface area (TPSA) is 58.6 Å². The van der Waals surface area contributed by atoms with Gasteiger partial charge in [0.15, 0.2) is 0 Å². The molecule has 1 aromatic carbocycles. The zero-order valence-corrected chi connectivity index (χ0v) is 15.9. The van der Waals surface area contributed by atoms with Gasteiger partial charge in [-0.1, -0.05) is 24.6 Å². The highest BCUT2D eigenvalue weighted by Gasteiger charge is 2.41. The van der Waals surface area contributed by atoms with Crippen LogP contribution in [0.25, 0.3) is 0 Å². The van der Waals surface area contributed by atoms with Gasteiger partial charge in [0, 0.05) is 23.7 Å². The smallest absolute Gasteiger partial charge is 0.251 e. The van der Waals surface area contributed by atoms with Crippen molar-refractivity contribution < 1.29 is 14.3 Å². The predicted molar refractivity (Wildman–Crippen MR) is 101 cm³/mol. The Labute approximate surface area is 155 Å². The van der Waals surface area contributed by atoms with Crippen LogP contribution < -0.4 is 10.1 Å². The third-order valence-corrected chi connectivity index (χ3v) is 5.35.